The second kappa shape index (κ2) is 10.1. The number of nitrogens with one attached hydrogen (secondary N) is 2. The molecule has 9 heteroatoms. The predicted molar refractivity (Wildman–Crippen MR) is 149 cm³/mol. The van der Waals surface area contributed by atoms with Crippen molar-refractivity contribution in [3.05, 3.63) is 100 Å². The van der Waals surface area contributed by atoms with Gasteiger partial charge in [-0.25, -0.2) is 4.79 Å². The van der Waals surface area contributed by atoms with E-state index >= 15 is 0 Å². The zero-order valence-electron chi connectivity index (χ0n) is 22.2. The lowest BCUT2D eigenvalue weighted by atomic mass is 9.92. The number of aromatic nitrogens is 1. The topological polar surface area (TPSA) is 112 Å². The van der Waals surface area contributed by atoms with E-state index < -0.39 is 5.97 Å². The fraction of sp³-hybridized carbons (Fsp3) is 0.226. The smallest absolute Gasteiger partial charge is 0.356 e. The van der Waals surface area contributed by atoms with Crippen molar-refractivity contribution in [1.82, 2.24) is 14.8 Å². The Hall–Kier alpha value is -4.76. The highest BCUT2D eigenvalue weighted by Gasteiger charge is 2.39. The van der Waals surface area contributed by atoms with Crippen molar-refractivity contribution in [2.75, 3.05) is 32.1 Å². The van der Waals surface area contributed by atoms with E-state index in [1.54, 1.807) is 24.3 Å². The van der Waals surface area contributed by atoms with Gasteiger partial charge in [0.15, 0.2) is 0 Å². The Morgan fingerprint density at radius 1 is 1.00 bits per heavy atom. The Labute approximate surface area is 230 Å². The van der Waals surface area contributed by atoms with Crippen LogP contribution in [-0.2, 0) is 16.0 Å². The van der Waals surface area contributed by atoms with Gasteiger partial charge in [-0.3, -0.25) is 24.2 Å². The molecule has 0 saturated carbocycles. The third-order valence-corrected chi connectivity index (χ3v) is 7.71. The van der Waals surface area contributed by atoms with E-state index in [2.05, 4.69) is 10.3 Å². The van der Waals surface area contributed by atoms with Crippen molar-refractivity contribution >= 4 is 40.3 Å². The summed E-state index contributed by atoms with van der Waals surface area (Å²) >= 11 is 0. The Kier molecular flexibility index (Phi) is 6.43. The molecule has 4 aromatic rings. The number of aryl methyl sites for hydroxylation is 1. The molecular weight excluding hydrogens is 508 g/mol. The molecule has 0 bridgehead atoms. The summed E-state index contributed by atoms with van der Waals surface area (Å²) in [6.07, 6.45) is 0.724. The molecule has 2 aliphatic heterocycles. The van der Waals surface area contributed by atoms with E-state index in [0.717, 1.165) is 23.1 Å². The summed E-state index contributed by atoms with van der Waals surface area (Å²) in [6, 6.07) is 20.0. The number of esters is 1. The quantitative estimate of drug-likeness (QED) is 0.284. The number of nitrogens with zero attached hydrogens (tertiary/aromatic N) is 2. The first-order valence-electron chi connectivity index (χ1n) is 13.1. The van der Waals surface area contributed by atoms with E-state index in [0.29, 0.717) is 34.3 Å². The first-order valence-corrected chi connectivity index (χ1v) is 13.1. The molecule has 3 aromatic carbocycles. The third-order valence-electron chi connectivity index (χ3n) is 7.71. The monoisotopic (exact) mass is 536 g/mol. The first-order chi connectivity index (χ1) is 19.4. The van der Waals surface area contributed by atoms with E-state index in [1.165, 1.54) is 12.0 Å². The number of methoxy groups -OCH3 is 1. The molecule has 2 N–H and O–H groups in total. The van der Waals surface area contributed by atoms with Gasteiger partial charge in [-0.05, 0) is 48.7 Å². The average Bonchev–Trinajstić information content (AvgIpc) is 3.43. The Morgan fingerprint density at radius 3 is 2.42 bits per heavy atom. The van der Waals surface area contributed by atoms with Crippen LogP contribution < -0.4 is 5.32 Å². The van der Waals surface area contributed by atoms with Gasteiger partial charge in [0.05, 0.1) is 36.5 Å². The number of ether oxygens (including phenoxy) is 1. The Morgan fingerprint density at radius 2 is 1.70 bits per heavy atom. The molecule has 1 unspecified atom stereocenters. The lowest BCUT2D eigenvalue weighted by molar-refractivity contribution is -0.118. The van der Waals surface area contributed by atoms with E-state index in [-0.39, 0.29) is 42.5 Å². The molecule has 202 valence electrons. The molecular formula is C31H28N4O5. The molecule has 1 atom stereocenters. The lowest BCUT2D eigenvalue weighted by Crippen LogP contribution is -2.46. The van der Waals surface area contributed by atoms with Gasteiger partial charge in [-0.15, -0.1) is 0 Å². The standard InChI is InChI=1S/C31H28N4O5/c1-18-11-12-24-23(15-18)27(28(32-24)31(39)40-2)33-26(36)17-34-14-13-19-7-3-4-8-20(19)25(34)16-35-29(37)21-9-5-6-10-22(21)30(35)38/h3-12,15,25,32H,13-14,16-17H2,1-2H3,(H,33,36). The SMILES string of the molecule is COC(=O)c1[nH]c2ccc(C)cc2c1NC(=O)CN1CCc2ccccc2C1CN1C(=O)c2ccccc2C1=O. The Bertz CT molecular complexity index is 1660. The highest BCUT2D eigenvalue weighted by molar-refractivity contribution is 6.21. The zero-order valence-corrected chi connectivity index (χ0v) is 22.2. The number of carbonyl (C=O) groups is 4. The van der Waals surface area contributed by atoms with Crippen LogP contribution in [0.2, 0.25) is 0 Å². The van der Waals surface area contributed by atoms with E-state index in [4.69, 9.17) is 4.74 Å². The normalized spacial score (nSPS) is 16.6. The van der Waals surface area contributed by atoms with Crippen LogP contribution in [0.25, 0.3) is 10.9 Å². The van der Waals surface area contributed by atoms with Crippen LogP contribution in [0, 0.1) is 6.92 Å². The average molecular weight is 537 g/mol. The van der Waals surface area contributed by atoms with Gasteiger partial charge in [0.2, 0.25) is 5.91 Å². The summed E-state index contributed by atoms with van der Waals surface area (Å²) < 4.78 is 4.94. The number of rotatable bonds is 6. The molecule has 2 aliphatic rings. The molecule has 1 aromatic heterocycles. The van der Waals surface area contributed by atoms with Crippen molar-refractivity contribution < 1.29 is 23.9 Å². The van der Waals surface area contributed by atoms with Crippen LogP contribution in [-0.4, -0.2) is 65.2 Å². The van der Waals surface area contributed by atoms with Crippen molar-refractivity contribution in [3.63, 3.8) is 0 Å². The molecule has 0 saturated heterocycles. The van der Waals surface area contributed by atoms with Crippen LogP contribution in [0.1, 0.15) is 53.9 Å². The van der Waals surface area contributed by atoms with Crippen molar-refractivity contribution in [1.29, 1.82) is 0 Å². The van der Waals surface area contributed by atoms with Crippen molar-refractivity contribution in [2.24, 2.45) is 0 Å². The maximum Gasteiger partial charge on any atom is 0.356 e. The van der Waals surface area contributed by atoms with Crippen LogP contribution in [0.4, 0.5) is 5.69 Å². The molecule has 0 fully saturated rings. The molecule has 9 nitrogen and oxygen atoms in total. The van der Waals surface area contributed by atoms with E-state index in [9.17, 15) is 19.2 Å². The van der Waals surface area contributed by atoms with Gasteiger partial charge in [-0.2, -0.15) is 0 Å². The zero-order chi connectivity index (χ0) is 28.0. The highest BCUT2D eigenvalue weighted by Crippen LogP contribution is 2.34. The number of fused-ring (bicyclic) bond motifs is 3. The number of hydrogen-bond acceptors (Lipinski definition) is 6. The molecule has 0 radical (unpaired) electrons. The Balaban J connectivity index is 1.29. The fourth-order valence-electron chi connectivity index (χ4n) is 5.74. The number of anilines is 1. The van der Waals surface area contributed by atoms with Gasteiger partial charge in [0.1, 0.15) is 5.69 Å². The second-order valence-electron chi connectivity index (χ2n) is 10.2. The minimum Gasteiger partial charge on any atom is -0.464 e. The molecule has 0 spiro atoms. The van der Waals surface area contributed by atoms with Gasteiger partial charge in [-0.1, -0.05) is 48.0 Å². The maximum atomic E-state index is 13.5. The van der Waals surface area contributed by atoms with Crippen LogP contribution >= 0.6 is 0 Å². The van der Waals surface area contributed by atoms with E-state index in [1.807, 2.05) is 54.3 Å². The number of H-pyrrole nitrogens is 1. The minimum atomic E-state index is -0.584. The number of aromatic amines is 1. The number of benzene rings is 3. The van der Waals surface area contributed by atoms with Crippen molar-refractivity contribution in [2.45, 2.75) is 19.4 Å². The molecule has 3 heterocycles. The molecule has 3 amide bonds. The maximum absolute atomic E-state index is 13.5. The summed E-state index contributed by atoms with van der Waals surface area (Å²) in [5.41, 5.74) is 5.12. The van der Waals surface area contributed by atoms with Crippen LogP contribution in [0.5, 0.6) is 0 Å². The van der Waals surface area contributed by atoms with Crippen LogP contribution in [0.15, 0.2) is 66.7 Å². The van der Waals surface area contributed by atoms with Gasteiger partial charge < -0.3 is 15.0 Å². The second-order valence-corrected chi connectivity index (χ2v) is 10.2. The molecule has 6 rings (SSSR count). The van der Waals surface area contributed by atoms with Gasteiger partial charge in [0.25, 0.3) is 11.8 Å². The van der Waals surface area contributed by atoms with Gasteiger partial charge in [0, 0.05) is 24.0 Å². The number of amides is 3. The summed E-state index contributed by atoms with van der Waals surface area (Å²) in [6.45, 7) is 2.62. The van der Waals surface area contributed by atoms with Gasteiger partial charge >= 0.3 is 5.97 Å². The highest BCUT2D eigenvalue weighted by atomic mass is 16.5. The number of carbonyl (C=O) groups excluding carboxylic acids is 4. The van der Waals surface area contributed by atoms with Crippen molar-refractivity contribution in [3.8, 4) is 0 Å². The number of hydrogen-bond donors (Lipinski definition) is 2. The number of imide groups is 1. The minimum absolute atomic E-state index is 0.00126. The summed E-state index contributed by atoms with van der Waals surface area (Å²) in [5, 5.41) is 3.64. The summed E-state index contributed by atoms with van der Waals surface area (Å²) in [5.74, 6) is -1.56. The molecule has 0 aliphatic carbocycles. The summed E-state index contributed by atoms with van der Waals surface area (Å²) in [7, 11) is 1.29. The fourth-order valence-corrected chi connectivity index (χ4v) is 5.74. The largest absolute Gasteiger partial charge is 0.464 e. The first kappa shape index (κ1) is 25.5. The lowest BCUT2D eigenvalue weighted by Gasteiger charge is -2.38. The predicted octanol–water partition coefficient (Wildman–Crippen LogP) is 4.10. The molecule has 40 heavy (non-hydrogen) atoms. The van der Waals surface area contributed by atoms with Crippen LogP contribution in [0.3, 0.4) is 0 Å². The third kappa shape index (κ3) is 4.34. The summed E-state index contributed by atoms with van der Waals surface area (Å²) in [4.78, 5) is 58.7.